The molecule has 0 amide bonds. The van der Waals surface area contributed by atoms with Crippen LogP contribution in [0.4, 0.5) is 0 Å². The maximum atomic E-state index is 4.32. The number of benzene rings is 1. The van der Waals surface area contributed by atoms with E-state index in [1.54, 1.807) is 0 Å². The predicted octanol–water partition coefficient (Wildman–Crippen LogP) is 2.65. The van der Waals surface area contributed by atoms with Gasteiger partial charge in [-0.1, -0.05) is 30.3 Å². The van der Waals surface area contributed by atoms with Crippen molar-refractivity contribution < 1.29 is 0 Å². The van der Waals surface area contributed by atoms with Crippen molar-refractivity contribution in [2.45, 2.75) is 32.4 Å². The minimum Gasteiger partial charge on any atom is -0.309 e. The van der Waals surface area contributed by atoms with E-state index in [1.165, 1.54) is 16.7 Å². The van der Waals surface area contributed by atoms with Crippen LogP contribution in [0.5, 0.6) is 0 Å². The molecule has 0 spiro atoms. The largest absolute Gasteiger partial charge is 0.309 e. The van der Waals surface area contributed by atoms with Crippen molar-refractivity contribution in [3.05, 3.63) is 65.0 Å². The van der Waals surface area contributed by atoms with Crippen molar-refractivity contribution in [1.82, 2.24) is 10.3 Å². The number of hydrogen-bond donors (Lipinski definition) is 1. The fourth-order valence-corrected chi connectivity index (χ4v) is 2.57. The summed E-state index contributed by atoms with van der Waals surface area (Å²) in [5.41, 5.74) is 5.33. The molecule has 2 aromatic rings. The molecule has 0 atom stereocenters. The zero-order valence-electron chi connectivity index (χ0n) is 10.7. The van der Waals surface area contributed by atoms with Gasteiger partial charge in [-0.25, -0.2) is 0 Å². The van der Waals surface area contributed by atoms with Crippen LogP contribution >= 0.6 is 0 Å². The molecule has 1 N–H and O–H groups in total. The lowest BCUT2D eigenvalue weighted by atomic mass is 10.1. The van der Waals surface area contributed by atoms with E-state index in [0.717, 1.165) is 25.1 Å². The third-order valence-corrected chi connectivity index (χ3v) is 3.62. The van der Waals surface area contributed by atoms with Crippen LogP contribution in [0, 0.1) is 6.92 Å². The summed E-state index contributed by atoms with van der Waals surface area (Å²) in [5.74, 6) is 0. The molecule has 1 heterocycles. The second-order valence-electron chi connectivity index (χ2n) is 5.06. The van der Waals surface area contributed by atoms with Gasteiger partial charge in [0.15, 0.2) is 0 Å². The van der Waals surface area contributed by atoms with E-state index in [-0.39, 0.29) is 0 Å². The van der Waals surface area contributed by atoms with E-state index in [2.05, 4.69) is 46.7 Å². The van der Waals surface area contributed by atoms with Crippen molar-refractivity contribution in [2.75, 3.05) is 0 Å². The molecule has 1 aliphatic rings. The lowest BCUT2D eigenvalue weighted by Crippen LogP contribution is -2.28. The summed E-state index contributed by atoms with van der Waals surface area (Å²) in [7, 11) is 0. The fraction of sp³-hybridized carbons (Fsp3) is 0.312. The zero-order valence-corrected chi connectivity index (χ0v) is 10.7. The zero-order chi connectivity index (χ0) is 12.4. The monoisotopic (exact) mass is 238 g/mol. The van der Waals surface area contributed by atoms with Crippen molar-refractivity contribution >= 4 is 0 Å². The van der Waals surface area contributed by atoms with Crippen LogP contribution in [-0.4, -0.2) is 11.0 Å². The highest BCUT2D eigenvalue weighted by molar-refractivity contribution is 5.33. The van der Waals surface area contributed by atoms with Gasteiger partial charge in [0.1, 0.15) is 0 Å². The van der Waals surface area contributed by atoms with E-state index < -0.39 is 0 Å². The Morgan fingerprint density at radius 3 is 2.44 bits per heavy atom. The smallest absolute Gasteiger partial charge is 0.0372 e. The Morgan fingerprint density at radius 1 is 1.11 bits per heavy atom. The second kappa shape index (κ2) is 4.91. The van der Waals surface area contributed by atoms with Crippen molar-refractivity contribution in [1.29, 1.82) is 0 Å². The van der Waals surface area contributed by atoms with Crippen LogP contribution in [0.1, 0.15) is 22.4 Å². The Hall–Kier alpha value is -1.67. The van der Waals surface area contributed by atoms with E-state index in [0.29, 0.717) is 6.04 Å². The molecular formula is C16H18N2. The van der Waals surface area contributed by atoms with Gasteiger partial charge in [-0.05, 0) is 42.5 Å². The Bertz CT molecular complexity index is 506. The fourth-order valence-electron chi connectivity index (χ4n) is 2.57. The molecule has 0 fully saturated rings. The molecule has 0 saturated heterocycles. The summed E-state index contributed by atoms with van der Waals surface area (Å²) in [6.07, 6.45) is 4.26. The van der Waals surface area contributed by atoms with Gasteiger partial charge < -0.3 is 5.32 Å². The highest BCUT2D eigenvalue weighted by atomic mass is 14.9. The third kappa shape index (κ3) is 2.44. The average molecular weight is 238 g/mol. The van der Waals surface area contributed by atoms with Crippen LogP contribution in [0.2, 0.25) is 0 Å². The minimum absolute atomic E-state index is 0.573. The number of hydrogen-bond acceptors (Lipinski definition) is 2. The van der Waals surface area contributed by atoms with E-state index in [4.69, 9.17) is 0 Å². The molecular weight excluding hydrogens is 220 g/mol. The Balaban J connectivity index is 1.58. The number of rotatable bonds is 3. The van der Waals surface area contributed by atoms with Crippen LogP contribution < -0.4 is 5.32 Å². The van der Waals surface area contributed by atoms with Gasteiger partial charge in [-0.15, -0.1) is 0 Å². The molecule has 18 heavy (non-hydrogen) atoms. The summed E-state index contributed by atoms with van der Waals surface area (Å²) in [6.45, 7) is 2.93. The molecule has 2 heteroatoms. The van der Waals surface area contributed by atoms with E-state index in [1.807, 2.05) is 13.1 Å². The standard InChI is InChI=1S/C16H18N2/c1-12-6-7-13(10-17-12)11-18-16-8-14-4-2-3-5-15(14)9-16/h2-7,10,16,18H,8-9,11H2,1H3. The summed E-state index contributed by atoms with van der Waals surface area (Å²) in [4.78, 5) is 4.32. The first-order chi connectivity index (χ1) is 8.81. The highest BCUT2D eigenvalue weighted by Crippen LogP contribution is 2.21. The number of nitrogens with one attached hydrogen (secondary N) is 1. The maximum absolute atomic E-state index is 4.32. The number of pyridine rings is 1. The molecule has 0 unspecified atom stereocenters. The molecule has 1 aromatic heterocycles. The first-order valence-corrected chi connectivity index (χ1v) is 6.53. The number of nitrogens with zero attached hydrogens (tertiary/aromatic N) is 1. The highest BCUT2D eigenvalue weighted by Gasteiger charge is 2.19. The minimum atomic E-state index is 0.573. The van der Waals surface area contributed by atoms with Gasteiger partial charge >= 0.3 is 0 Å². The quantitative estimate of drug-likeness (QED) is 0.889. The molecule has 0 aliphatic heterocycles. The second-order valence-corrected chi connectivity index (χ2v) is 5.06. The molecule has 0 saturated carbocycles. The first kappa shape index (κ1) is 11.4. The molecule has 3 rings (SSSR count). The van der Waals surface area contributed by atoms with Crippen molar-refractivity contribution in [3.8, 4) is 0 Å². The predicted molar refractivity (Wildman–Crippen MR) is 73.5 cm³/mol. The summed E-state index contributed by atoms with van der Waals surface area (Å²) >= 11 is 0. The van der Waals surface area contributed by atoms with Gasteiger partial charge in [0.05, 0.1) is 0 Å². The molecule has 1 aromatic carbocycles. The number of aromatic nitrogens is 1. The number of fused-ring (bicyclic) bond motifs is 1. The molecule has 92 valence electrons. The maximum Gasteiger partial charge on any atom is 0.0372 e. The lowest BCUT2D eigenvalue weighted by Gasteiger charge is -2.11. The van der Waals surface area contributed by atoms with Gasteiger partial charge in [-0.2, -0.15) is 0 Å². The Morgan fingerprint density at radius 2 is 1.83 bits per heavy atom. The Labute approximate surface area is 108 Å². The third-order valence-electron chi connectivity index (χ3n) is 3.62. The normalized spacial score (nSPS) is 14.7. The van der Waals surface area contributed by atoms with Gasteiger partial charge in [0.2, 0.25) is 0 Å². The number of aryl methyl sites for hydroxylation is 1. The Kier molecular flexibility index (Phi) is 3.11. The van der Waals surface area contributed by atoms with E-state index in [9.17, 15) is 0 Å². The van der Waals surface area contributed by atoms with Crippen LogP contribution in [-0.2, 0) is 19.4 Å². The van der Waals surface area contributed by atoms with Crippen LogP contribution in [0.15, 0.2) is 42.6 Å². The van der Waals surface area contributed by atoms with Gasteiger partial charge in [0.25, 0.3) is 0 Å². The van der Waals surface area contributed by atoms with Crippen molar-refractivity contribution in [2.24, 2.45) is 0 Å². The van der Waals surface area contributed by atoms with E-state index >= 15 is 0 Å². The topological polar surface area (TPSA) is 24.9 Å². The molecule has 2 nitrogen and oxygen atoms in total. The lowest BCUT2D eigenvalue weighted by molar-refractivity contribution is 0.532. The van der Waals surface area contributed by atoms with Crippen LogP contribution in [0.25, 0.3) is 0 Å². The summed E-state index contributed by atoms with van der Waals surface area (Å²) in [6, 6.07) is 13.5. The van der Waals surface area contributed by atoms with Gasteiger partial charge in [0, 0.05) is 24.5 Å². The van der Waals surface area contributed by atoms with Crippen LogP contribution in [0.3, 0.4) is 0 Å². The SMILES string of the molecule is Cc1ccc(CNC2Cc3ccccc3C2)cn1. The molecule has 1 aliphatic carbocycles. The molecule has 0 radical (unpaired) electrons. The first-order valence-electron chi connectivity index (χ1n) is 6.53. The average Bonchev–Trinajstić information content (AvgIpc) is 2.81. The summed E-state index contributed by atoms with van der Waals surface area (Å²) in [5, 5.41) is 3.62. The van der Waals surface area contributed by atoms with Gasteiger partial charge in [-0.3, -0.25) is 4.98 Å². The molecule has 0 bridgehead atoms. The van der Waals surface area contributed by atoms with Crippen molar-refractivity contribution in [3.63, 3.8) is 0 Å². The summed E-state index contributed by atoms with van der Waals surface area (Å²) < 4.78 is 0.